The van der Waals surface area contributed by atoms with Crippen molar-refractivity contribution in [2.24, 2.45) is 0 Å². The molecule has 2 aliphatic rings. The molecule has 0 amide bonds. The van der Waals surface area contributed by atoms with Crippen molar-refractivity contribution in [2.45, 2.75) is 17.8 Å². The van der Waals surface area contributed by atoms with Crippen molar-refractivity contribution in [3.63, 3.8) is 0 Å². The summed E-state index contributed by atoms with van der Waals surface area (Å²) in [6.45, 7) is 2.42. The highest BCUT2D eigenvalue weighted by molar-refractivity contribution is 7.26. The van der Waals surface area contributed by atoms with Crippen molar-refractivity contribution >= 4 is 48.6 Å². The minimum atomic E-state index is -0.511. The molecule has 278 valence electrons. The van der Waals surface area contributed by atoms with Crippen LogP contribution in [0.15, 0.2) is 218 Å². The van der Waals surface area contributed by atoms with Crippen LogP contribution in [0.3, 0.4) is 0 Å². The van der Waals surface area contributed by atoms with Crippen molar-refractivity contribution in [3.8, 4) is 22.3 Å². The molecule has 0 N–H and O–H groups in total. The minimum Gasteiger partial charge on any atom is -0.309 e. The summed E-state index contributed by atoms with van der Waals surface area (Å²) >= 11 is 1.87. The zero-order valence-electron chi connectivity index (χ0n) is 32.6. The van der Waals surface area contributed by atoms with E-state index in [0.717, 1.165) is 5.69 Å². The molecule has 2 heteroatoms. The molecule has 10 aromatic rings. The summed E-state index contributed by atoms with van der Waals surface area (Å²) in [5, 5.41) is 2.57. The van der Waals surface area contributed by atoms with Crippen LogP contribution in [0, 0.1) is 0 Å². The molecular formula is C57H39NS. The van der Waals surface area contributed by atoms with E-state index in [9.17, 15) is 0 Å². The minimum absolute atomic E-state index is 0.336. The van der Waals surface area contributed by atoms with Gasteiger partial charge in [-0.25, -0.2) is 0 Å². The number of thiophene rings is 1. The second-order valence-electron chi connectivity index (χ2n) is 16.1. The van der Waals surface area contributed by atoms with Crippen LogP contribution in [0.4, 0.5) is 17.1 Å². The lowest BCUT2D eigenvalue weighted by molar-refractivity contribution is 0.714. The lowest BCUT2D eigenvalue weighted by Gasteiger charge is -2.35. The molecule has 1 atom stereocenters. The maximum Gasteiger partial charge on any atom is 0.0714 e. The summed E-state index contributed by atoms with van der Waals surface area (Å²) in [4.78, 5) is 2.58. The lowest BCUT2D eigenvalue weighted by atomic mass is 9.68. The fourth-order valence-electron chi connectivity index (χ4n) is 10.7. The van der Waals surface area contributed by atoms with Crippen LogP contribution in [0.2, 0.25) is 0 Å². The van der Waals surface area contributed by atoms with Crippen molar-refractivity contribution in [3.05, 3.63) is 257 Å². The third-order valence-corrected chi connectivity index (χ3v) is 14.4. The molecule has 1 heterocycles. The fraction of sp³-hybridized carbons (Fsp3) is 0.0526. The van der Waals surface area contributed by atoms with Gasteiger partial charge in [-0.05, 0) is 99.0 Å². The molecule has 12 rings (SSSR count). The zero-order valence-corrected chi connectivity index (χ0v) is 33.5. The smallest absolute Gasteiger partial charge is 0.0714 e. The Bertz CT molecular complexity index is 3200. The van der Waals surface area contributed by atoms with Gasteiger partial charge in [0.25, 0.3) is 0 Å². The monoisotopic (exact) mass is 769 g/mol. The maximum absolute atomic E-state index is 2.58. The van der Waals surface area contributed by atoms with Crippen LogP contribution in [0.1, 0.15) is 45.9 Å². The van der Waals surface area contributed by atoms with Crippen molar-refractivity contribution < 1.29 is 0 Å². The predicted octanol–water partition coefficient (Wildman–Crippen LogP) is 15.2. The van der Waals surface area contributed by atoms with Crippen molar-refractivity contribution in [1.29, 1.82) is 0 Å². The molecule has 9 aromatic carbocycles. The van der Waals surface area contributed by atoms with Gasteiger partial charge in [0, 0.05) is 36.8 Å². The summed E-state index contributed by atoms with van der Waals surface area (Å²) in [7, 11) is 0. The van der Waals surface area contributed by atoms with E-state index in [2.05, 4.69) is 230 Å². The summed E-state index contributed by atoms with van der Waals surface area (Å²) < 4.78 is 2.58. The number of nitrogens with zero attached hydrogens (tertiary/aromatic N) is 1. The van der Waals surface area contributed by atoms with Gasteiger partial charge in [-0.2, -0.15) is 0 Å². The van der Waals surface area contributed by atoms with E-state index in [1.165, 1.54) is 92.7 Å². The highest BCUT2D eigenvalue weighted by Crippen LogP contribution is 2.61. The van der Waals surface area contributed by atoms with Gasteiger partial charge in [0.15, 0.2) is 0 Å². The van der Waals surface area contributed by atoms with E-state index in [1.54, 1.807) is 0 Å². The first-order valence-electron chi connectivity index (χ1n) is 20.5. The van der Waals surface area contributed by atoms with Gasteiger partial charge in [0.2, 0.25) is 0 Å². The van der Waals surface area contributed by atoms with Crippen molar-refractivity contribution in [2.75, 3.05) is 4.90 Å². The highest BCUT2D eigenvalue weighted by atomic mass is 32.1. The number of benzene rings is 9. The summed E-state index contributed by atoms with van der Waals surface area (Å²) in [5.41, 5.74) is 16.9. The second-order valence-corrected chi connectivity index (χ2v) is 17.2. The average molecular weight is 770 g/mol. The van der Waals surface area contributed by atoms with E-state index < -0.39 is 5.41 Å². The van der Waals surface area contributed by atoms with Gasteiger partial charge < -0.3 is 4.90 Å². The van der Waals surface area contributed by atoms with Crippen LogP contribution >= 0.6 is 11.3 Å². The molecule has 59 heavy (non-hydrogen) atoms. The SMILES string of the molecule is CC1(c2ccccc2)c2ccccc2-c2ccc(N(c3cccc4c3-c3ccccc3C4(c3ccccc3)c3ccccc3)c3cccc4sc5ccccc5c34)cc21. The fourth-order valence-corrected chi connectivity index (χ4v) is 11.8. The Morgan fingerprint density at radius 2 is 0.932 bits per heavy atom. The third kappa shape index (κ3) is 4.72. The average Bonchev–Trinajstić information content (AvgIpc) is 3.93. The number of hydrogen-bond donors (Lipinski definition) is 0. The molecule has 0 radical (unpaired) electrons. The molecule has 2 aliphatic carbocycles. The molecule has 0 aliphatic heterocycles. The van der Waals surface area contributed by atoms with E-state index in [4.69, 9.17) is 0 Å². The Kier molecular flexibility index (Phi) is 7.51. The Morgan fingerprint density at radius 3 is 1.68 bits per heavy atom. The number of hydrogen-bond acceptors (Lipinski definition) is 2. The zero-order chi connectivity index (χ0) is 39.1. The predicted molar refractivity (Wildman–Crippen MR) is 249 cm³/mol. The first-order chi connectivity index (χ1) is 29.2. The molecule has 0 fully saturated rings. The van der Waals surface area contributed by atoms with Gasteiger partial charge >= 0.3 is 0 Å². The molecule has 0 spiro atoms. The Hall–Kier alpha value is -7.00. The maximum atomic E-state index is 2.58. The Balaban J connectivity index is 1.20. The molecular weight excluding hydrogens is 731 g/mol. The highest BCUT2D eigenvalue weighted by Gasteiger charge is 2.48. The van der Waals surface area contributed by atoms with E-state index in [1.807, 2.05) is 11.3 Å². The number of fused-ring (bicyclic) bond motifs is 9. The Morgan fingerprint density at radius 1 is 0.390 bits per heavy atom. The number of rotatable bonds is 6. The van der Waals surface area contributed by atoms with Gasteiger partial charge in [-0.15, -0.1) is 11.3 Å². The van der Waals surface area contributed by atoms with Gasteiger partial charge in [-0.1, -0.05) is 182 Å². The Labute approximate surface area is 349 Å². The molecule has 0 bridgehead atoms. The molecule has 1 unspecified atom stereocenters. The van der Waals surface area contributed by atoms with Gasteiger partial charge in [0.1, 0.15) is 0 Å². The third-order valence-electron chi connectivity index (χ3n) is 13.2. The lowest BCUT2D eigenvalue weighted by Crippen LogP contribution is -2.28. The molecule has 0 saturated carbocycles. The van der Waals surface area contributed by atoms with E-state index in [0.29, 0.717) is 0 Å². The van der Waals surface area contributed by atoms with E-state index >= 15 is 0 Å². The van der Waals surface area contributed by atoms with Crippen LogP contribution in [0.5, 0.6) is 0 Å². The van der Waals surface area contributed by atoms with Crippen molar-refractivity contribution in [1.82, 2.24) is 0 Å². The van der Waals surface area contributed by atoms with E-state index in [-0.39, 0.29) is 5.41 Å². The van der Waals surface area contributed by atoms with Crippen LogP contribution in [-0.4, -0.2) is 0 Å². The summed E-state index contributed by atoms with van der Waals surface area (Å²) in [5.74, 6) is 0. The quantitative estimate of drug-likeness (QED) is 0.163. The van der Waals surface area contributed by atoms with Crippen LogP contribution in [0.25, 0.3) is 42.4 Å². The molecule has 0 saturated heterocycles. The van der Waals surface area contributed by atoms with Gasteiger partial charge in [-0.3, -0.25) is 0 Å². The normalized spacial score (nSPS) is 15.7. The van der Waals surface area contributed by atoms with Crippen LogP contribution < -0.4 is 4.90 Å². The molecule has 1 nitrogen and oxygen atoms in total. The van der Waals surface area contributed by atoms with Crippen LogP contribution in [-0.2, 0) is 10.8 Å². The first kappa shape index (κ1) is 34.1. The molecule has 1 aromatic heterocycles. The standard InChI is InChI=1S/C57H39NS/c1-56(38-19-5-2-6-20-38)46-28-14-11-25-42(46)43-36-35-41(37-49(43)56)58(51-32-18-34-53-55(51)45-27-13-16-33-52(45)59-53)50-31-17-30-48-54(50)44-26-12-15-29-47(44)57(48,39-21-7-3-8-22-39)40-23-9-4-10-24-40/h2-37H,1H3. The summed E-state index contributed by atoms with van der Waals surface area (Å²) in [6.07, 6.45) is 0. The topological polar surface area (TPSA) is 3.24 Å². The second kappa shape index (κ2) is 13.0. The summed E-state index contributed by atoms with van der Waals surface area (Å²) in [6, 6.07) is 81.4. The van der Waals surface area contributed by atoms with Gasteiger partial charge in [0.05, 0.1) is 16.8 Å². The first-order valence-corrected chi connectivity index (χ1v) is 21.3. The number of anilines is 3. The largest absolute Gasteiger partial charge is 0.309 e.